The number of anilines is 1. The highest BCUT2D eigenvalue weighted by Gasteiger charge is 2.31. The van der Waals surface area contributed by atoms with E-state index in [0.29, 0.717) is 23.3 Å². The zero-order valence-corrected chi connectivity index (χ0v) is 15.9. The van der Waals surface area contributed by atoms with Crippen LogP contribution in [0.2, 0.25) is 0 Å². The van der Waals surface area contributed by atoms with Crippen LogP contribution in [0.5, 0.6) is 11.5 Å². The van der Waals surface area contributed by atoms with E-state index in [1.807, 2.05) is 53.5 Å². The van der Waals surface area contributed by atoms with Crippen LogP contribution in [-0.4, -0.2) is 15.9 Å². The molecule has 1 aromatic heterocycles. The van der Waals surface area contributed by atoms with E-state index in [0.717, 1.165) is 16.6 Å². The number of hydrogen-bond donors (Lipinski definition) is 2. The lowest BCUT2D eigenvalue weighted by Crippen LogP contribution is -2.18. The maximum atomic E-state index is 12.7. The molecular weight excluding hydrogens is 380 g/mol. The monoisotopic (exact) mass is 398 g/mol. The van der Waals surface area contributed by atoms with Crippen molar-refractivity contribution in [3.05, 3.63) is 100 Å². The average molecular weight is 398 g/mol. The minimum Gasteiger partial charge on any atom is -0.504 e. The fraction of sp³-hybridized carbons (Fsp3) is 0.0833. The molecule has 1 aliphatic rings. The number of para-hydroxylation sites is 2. The Kier molecular flexibility index (Phi) is 4.25. The van der Waals surface area contributed by atoms with E-state index in [1.54, 1.807) is 18.2 Å². The van der Waals surface area contributed by atoms with Gasteiger partial charge >= 0.3 is 5.63 Å². The van der Waals surface area contributed by atoms with Crippen LogP contribution < -0.4 is 10.6 Å². The molecule has 5 rings (SSSR count). The Morgan fingerprint density at radius 3 is 2.47 bits per heavy atom. The van der Waals surface area contributed by atoms with Gasteiger partial charge in [0.2, 0.25) is 0 Å². The summed E-state index contributed by atoms with van der Waals surface area (Å²) in [5.74, 6) is -0.376. The molecule has 1 aliphatic heterocycles. The minimum atomic E-state index is -0.435. The summed E-state index contributed by atoms with van der Waals surface area (Å²) in [6.07, 6.45) is 0.447. The number of aromatic hydroxyl groups is 2. The Morgan fingerprint density at radius 2 is 1.67 bits per heavy atom. The second kappa shape index (κ2) is 7.08. The molecule has 0 spiro atoms. The Labute approximate surface area is 171 Å². The van der Waals surface area contributed by atoms with Crippen molar-refractivity contribution in [3.8, 4) is 11.5 Å². The van der Waals surface area contributed by atoms with Gasteiger partial charge in [-0.25, -0.2) is 4.79 Å². The largest absolute Gasteiger partial charge is 0.504 e. The zero-order valence-electron chi connectivity index (χ0n) is 15.9. The van der Waals surface area contributed by atoms with Crippen molar-refractivity contribution in [2.45, 2.75) is 12.5 Å². The second-order valence-corrected chi connectivity index (χ2v) is 7.18. The number of benzene rings is 3. The van der Waals surface area contributed by atoms with Gasteiger partial charge in [0, 0.05) is 11.8 Å². The first-order valence-corrected chi connectivity index (χ1v) is 9.57. The van der Waals surface area contributed by atoms with Crippen LogP contribution in [0.4, 0.5) is 5.69 Å². The van der Waals surface area contributed by atoms with E-state index < -0.39 is 5.63 Å². The molecule has 4 aromatic rings. The molecule has 6 heteroatoms. The van der Waals surface area contributed by atoms with Gasteiger partial charge in [-0.15, -0.1) is 0 Å². The third kappa shape index (κ3) is 3.08. The Hall–Kier alpha value is -4.06. The number of phenolic OH excluding ortho intramolecular Hbond substituents is 2. The van der Waals surface area contributed by atoms with Crippen LogP contribution in [0.3, 0.4) is 0 Å². The summed E-state index contributed by atoms with van der Waals surface area (Å²) in [6, 6.07) is 23.3. The number of hydrogen-bond acceptors (Lipinski definition) is 6. The molecule has 2 N–H and O–H groups in total. The van der Waals surface area contributed by atoms with Crippen molar-refractivity contribution in [1.29, 1.82) is 0 Å². The van der Waals surface area contributed by atoms with Gasteiger partial charge in [-0.05, 0) is 42.0 Å². The molecule has 0 saturated heterocycles. The normalized spacial score (nSPS) is 16.1. The highest BCUT2D eigenvalue weighted by atomic mass is 16.4. The number of hydrazone groups is 1. The fourth-order valence-corrected chi connectivity index (χ4v) is 3.76. The first-order valence-electron chi connectivity index (χ1n) is 9.57. The van der Waals surface area contributed by atoms with E-state index in [-0.39, 0.29) is 17.5 Å². The highest BCUT2D eigenvalue weighted by Crippen LogP contribution is 2.39. The lowest BCUT2D eigenvalue weighted by Gasteiger charge is -2.24. The van der Waals surface area contributed by atoms with Crippen LogP contribution in [0, 0.1) is 0 Å². The summed E-state index contributed by atoms with van der Waals surface area (Å²) >= 11 is 0. The molecule has 1 unspecified atom stereocenters. The molecule has 1 atom stereocenters. The van der Waals surface area contributed by atoms with Crippen LogP contribution in [0.25, 0.3) is 11.0 Å². The number of nitrogens with zero attached hydrogens (tertiary/aromatic N) is 2. The van der Waals surface area contributed by atoms with Gasteiger partial charge in [0.1, 0.15) is 5.58 Å². The molecule has 0 amide bonds. The van der Waals surface area contributed by atoms with Gasteiger partial charge in [-0.2, -0.15) is 5.10 Å². The van der Waals surface area contributed by atoms with Gasteiger partial charge in [0.05, 0.1) is 23.0 Å². The van der Waals surface area contributed by atoms with E-state index >= 15 is 0 Å². The lowest BCUT2D eigenvalue weighted by molar-refractivity contribution is 0.402. The van der Waals surface area contributed by atoms with Gasteiger partial charge in [-0.3, -0.25) is 5.01 Å². The summed E-state index contributed by atoms with van der Waals surface area (Å²) in [6.45, 7) is 0. The van der Waals surface area contributed by atoms with Crippen LogP contribution in [0.15, 0.2) is 93.2 Å². The summed E-state index contributed by atoms with van der Waals surface area (Å²) in [5, 5.41) is 27.1. The van der Waals surface area contributed by atoms with Gasteiger partial charge in [0.15, 0.2) is 11.5 Å². The van der Waals surface area contributed by atoms with Crippen LogP contribution >= 0.6 is 0 Å². The molecule has 3 aromatic carbocycles. The lowest BCUT2D eigenvalue weighted by atomic mass is 9.98. The average Bonchev–Trinajstić information content (AvgIpc) is 3.21. The predicted octanol–water partition coefficient (Wildman–Crippen LogP) is 4.56. The Morgan fingerprint density at radius 1 is 0.900 bits per heavy atom. The summed E-state index contributed by atoms with van der Waals surface area (Å²) in [5.41, 5.74) is 2.75. The number of fused-ring (bicyclic) bond motifs is 1. The van der Waals surface area contributed by atoms with E-state index in [2.05, 4.69) is 0 Å². The maximum Gasteiger partial charge on any atom is 0.345 e. The maximum absolute atomic E-state index is 12.7. The van der Waals surface area contributed by atoms with Crippen molar-refractivity contribution in [1.82, 2.24) is 0 Å². The van der Waals surface area contributed by atoms with E-state index in [4.69, 9.17) is 9.52 Å². The van der Waals surface area contributed by atoms with Crippen molar-refractivity contribution in [2.24, 2.45) is 5.10 Å². The molecule has 0 fully saturated rings. The second-order valence-electron chi connectivity index (χ2n) is 7.18. The third-order valence-electron chi connectivity index (χ3n) is 5.27. The molecule has 0 saturated carbocycles. The third-order valence-corrected chi connectivity index (χ3v) is 5.27. The summed E-state index contributed by atoms with van der Waals surface area (Å²) < 4.78 is 5.49. The molecule has 0 aliphatic carbocycles. The summed E-state index contributed by atoms with van der Waals surface area (Å²) in [7, 11) is 0. The van der Waals surface area contributed by atoms with Gasteiger partial charge < -0.3 is 14.6 Å². The van der Waals surface area contributed by atoms with E-state index in [9.17, 15) is 15.0 Å². The highest BCUT2D eigenvalue weighted by molar-refractivity contribution is 6.04. The zero-order chi connectivity index (χ0) is 20.7. The van der Waals surface area contributed by atoms with Crippen molar-refractivity contribution in [3.63, 3.8) is 0 Å². The smallest absolute Gasteiger partial charge is 0.345 e. The van der Waals surface area contributed by atoms with Crippen molar-refractivity contribution >= 4 is 22.4 Å². The topological polar surface area (TPSA) is 86.3 Å². The van der Waals surface area contributed by atoms with Gasteiger partial charge in [-0.1, -0.05) is 42.5 Å². The minimum absolute atomic E-state index is 0.181. The Balaban J connectivity index is 1.62. The van der Waals surface area contributed by atoms with Crippen molar-refractivity contribution in [2.75, 3.05) is 5.01 Å². The number of phenols is 2. The molecule has 0 radical (unpaired) electrons. The molecule has 30 heavy (non-hydrogen) atoms. The Bertz CT molecular complexity index is 1330. The first-order chi connectivity index (χ1) is 14.6. The number of rotatable bonds is 3. The van der Waals surface area contributed by atoms with E-state index in [1.165, 1.54) is 12.1 Å². The first kappa shape index (κ1) is 18.0. The summed E-state index contributed by atoms with van der Waals surface area (Å²) in [4.78, 5) is 12.7. The predicted molar refractivity (Wildman–Crippen MR) is 115 cm³/mol. The molecule has 6 nitrogen and oxygen atoms in total. The molecular formula is C24H18N2O4. The van der Waals surface area contributed by atoms with Crippen molar-refractivity contribution < 1.29 is 14.6 Å². The molecule has 2 heterocycles. The quantitative estimate of drug-likeness (QED) is 0.390. The fourth-order valence-electron chi connectivity index (χ4n) is 3.76. The van der Waals surface area contributed by atoms with Gasteiger partial charge in [0.25, 0.3) is 0 Å². The standard InChI is InChI=1S/C24H18N2O4/c27-21-11-10-15(13-22(21)28)20-14-19(25-26(20)17-7-2-1-3-8-17)18-12-16-6-4-5-9-23(16)30-24(18)29/h1-13,20,27-28H,14H2. The molecule has 148 valence electrons. The molecule has 0 bridgehead atoms. The van der Waals surface area contributed by atoms with Crippen LogP contribution in [-0.2, 0) is 0 Å². The SMILES string of the molecule is O=c1oc2ccccc2cc1C1=NN(c2ccccc2)C(c2ccc(O)c(O)c2)C1. The van der Waals surface area contributed by atoms with Crippen LogP contribution in [0.1, 0.15) is 23.6 Å².